The zero-order valence-electron chi connectivity index (χ0n) is 13.8. The molecule has 0 radical (unpaired) electrons. The summed E-state index contributed by atoms with van der Waals surface area (Å²) in [7, 11) is 0. The van der Waals surface area contributed by atoms with Crippen LogP contribution in [0.3, 0.4) is 0 Å². The largest absolute Gasteiger partial charge is 0.465 e. The molecule has 4 aromatic rings. The van der Waals surface area contributed by atoms with Crippen LogP contribution in [0.25, 0.3) is 23.2 Å². The molecule has 9 nitrogen and oxygen atoms in total. The van der Waals surface area contributed by atoms with E-state index in [0.29, 0.717) is 34.5 Å². The number of amides is 1. The van der Waals surface area contributed by atoms with Crippen LogP contribution in [-0.2, 0) is 11.3 Å². The number of nitrogens with one attached hydrogen (secondary N) is 1. The van der Waals surface area contributed by atoms with Crippen LogP contribution in [0.2, 0.25) is 0 Å². The van der Waals surface area contributed by atoms with Crippen molar-refractivity contribution in [1.82, 2.24) is 30.1 Å². The number of furan rings is 1. The SMILES string of the molecule is Cc1noc(-c2cccn3c(CNC(=O)C=Cc4ccco4)nnc23)n1. The van der Waals surface area contributed by atoms with Crippen molar-refractivity contribution in [2.45, 2.75) is 13.5 Å². The average molecular weight is 350 g/mol. The van der Waals surface area contributed by atoms with E-state index in [-0.39, 0.29) is 12.5 Å². The summed E-state index contributed by atoms with van der Waals surface area (Å²) in [4.78, 5) is 16.1. The molecule has 0 aliphatic carbocycles. The van der Waals surface area contributed by atoms with E-state index in [2.05, 4.69) is 25.7 Å². The topological polar surface area (TPSA) is 111 Å². The fraction of sp³-hybridized carbons (Fsp3) is 0.118. The molecule has 9 heteroatoms. The minimum absolute atomic E-state index is 0.217. The number of carbonyl (C=O) groups is 1. The maximum atomic E-state index is 11.9. The number of carbonyl (C=O) groups excluding carboxylic acids is 1. The molecule has 0 aromatic carbocycles. The Morgan fingerprint density at radius 1 is 1.31 bits per heavy atom. The Morgan fingerprint density at radius 3 is 3.00 bits per heavy atom. The monoisotopic (exact) mass is 350 g/mol. The zero-order valence-corrected chi connectivity index (χ0v) is 13.8. The van der Waals surface area contributed by atoms with Gasteiger partial charge in [0, 0.05) is 12.3 Å². The molecule has 0 unspecified atom stereocenters. The lowest BCUT2D eigenvalue weighted by Gasteiger charge is -2.02. The number of rotatable bonds is 5. The van der Waals surface area contributed by atoms with Crippen molar-refractivity contribution < 1.29 is 13.7 Å². The Bertz CT molecular complexity index is 1080. The fourth-order valence-corrected chi connectivity index (χ4v) is 2.43. The van der Waals surface area contributed by atoms with E-state index in [1.54, 1.807) is 35.8 Å². The number of fused-ring (bicyclic) bond motifs is 1. The van der Waals surface area contributed by atoms with Gasteiger partial charge >= 0.3 is 0 Å². The molecule has 0 spiro atoms. The standard InChI is InChI=1S/C17H14N6O3/c1-11-19-17(26-22-11)13-5-2-8-23-14(20-21-16(13)23)10-18-15(24)7-6-12-4-3-9-25-12/h2-9H,10H2,1H3,(H,18,24). The van der Waals surface area contributed by atoms with Crippen LogP contribution in [0.4, 0.5) is 0 Å². The molecule has 4 rings (SSSR count). The first-order valence-electron chi connectivity index (χ1n) is 7.83. The highest BCUT2D eigenvalue weighted by molar-refractivity contribution is 5.91. The normalized spacial score (nSPS) is 11.4. The van der Waals surface area contributed by atoms with Gasteiger partial charge < -0.3 is 14.3 Å². The molecular weight excluding hydrogens is 336 g/mol. The molecule has 0 saturated carbocycles. The fourth-order valence-electron chi connectivity index (χ4n) is 2.43. The van der Waals surface area contributed by atoms with Gasteiger partial charge in [0.05, 0.1) is 18.4 Å². The Hall–Kier alpha value is -3.75. The van der Waals surface area contributed by atoms with Gasteiger partial charge in [0.2, 0.25) is 5.91 Å². The quantitative estimate of drug-likeness (QED) is 0.548. The van der Waals surface area contributed by atoms with E-state index >= 15 is 0 Å². The van der Waals surface area contributed by atoms with Crippen LogP contribution in [-0.4, -0.2) is 30.6 Å². The van der Waals surface area contributed by atoms with Gasteiger partial charge in [-0.05, 0) is 37.3 Å². The van der Waals surface area contributed by atoms with Crippen LogP contribution < -0.4 is 5.32 Å². The number of nitrogens with zero attached hydrogens (tertiary/aromatic N) is 5. The first-order valence-corrected chi connectivity index (χ1v) is 7.83. The number of hydrogen-bond acceptors (Lipinski definition) is 7. The lowest BCUT2D eigenvalue weighted by atomic mass is 10.2. The number of aromatic nitrogens is 5. The summed E-state index contributed by atoms with van der Waals surface area (Å²) in [5.41, 5.74) is 1.25. The van der Waals surface area contributed by atoms with Crippen LogP contribution in [0.5, 0.6) is 0 Å². The van der Waals surface area contributed by atoms with E-state index in [9.17, 15) is 4.79 Å². The summed E-state index contributed by atoms with van der Waals surface area (Å²) in [5.74, 6) is 1.84. The van der Waals surface area contributed by atoms with Gasteiger partial charge in [-0.2, -0.15) is 4.98 Å². The van der Waals surface area contributed by atoms with E-state index in [1.165, 1.54) is 6.08 Å². The van der Waals surface area contributed by atoms with Gasteiger partial charge in [0.15, 0.2) is 17.3 Å². The zero-order chi connectivity index (χ0) is 17.9. The molecule has 0 saturated heterocycles. The van der Waals surface area contributed by atoms with Crippen molar-refractivity contribution in [3.05, 3.63) is 60.2 Å². The predicted molar refractivity (Wildman–Crippen MR) is 90.6 cm³/mol. The molecule has 0 aliphatic rings. The first kappa shape index (κ1) is 15.8. The van der Waals surface area contributed by atoms with Gasteiger partial charge in [-0.15, -0.1) is 10.2 Å². The molecule has 1 N–H and O–H groups in total. The summed E-state index contributed by atoms with van der Waals surface area (Å²) >= 11 is 0. The summed E-state index contributed by atoms with van der Waals surface area (Å²) in [6, 6.07) is 7.16. The van der Waals surface area contributed by atoms with Gasteiger partial charge in [0.1, 0.15) is 5.76 Å². The molecular formula is C17H14N6O3. The highest BCUT2D eigenvalue weighted by atomic mass is 16.5. The Kier molecular flexibility index (Phi) is 4.02. The molecule has 0 fully saturated rings. The first-order chi connectivity index (χ1) is 12.7. The smallest absolute Gasteiger partial charge is 0.261 e. The van der Waals surface area contributed by atoms with Crippen molar-refractivity contribution in [3.63, 3.8) is 0 Å². The third kappa shape index (κ3) is 3.09. The molecule has 0 bridgehead atoms. The summed E-state index contributed by atoms with van der Waals surface area (Å²) < 4.78 is 12.1. The van der Waals surface area contributed by atoms with Crippen molar-refractivity contribution >= 4 is 17.6 Å². The van der Waals surface area contributed by atoms with Crippen molar-refractivity contribution in [3.8, 4) is 11.5 Å². The van der Waals surface area contributed by atoms with Crippen molar-refractivity contribution in [2.24, 2.45) is 0 Å². The minimum Gasteiger partial charge on any atom is -0.465 e. The highest BCUT2D eigenvalue weighted by Gasteiger charge is 2.15. The lowest BCUT2D eigenvalue weighted by molar-refractivity contribution is -0.116. The third-order valence-corrected chi connectivity index (χ3v) is 3.63. The van der Waals surface area contributed by atoms with E-state index in [0.717, 1.165) is 0 Å². The Morgan fingerprint density at radius 2 is 2.23 bits per heavy atom. The molecule has 4 aromatic heterocycles. The summed E-state index contributed by atoms with van der Waals surface area (Å²) in [5, 5.41) is 14.9. The van der Waals surface area contributed by atoms with Crippen LogP contribution in [0.1, 0.15) is 17.4 Å². The van der Waals surface area contributed by atoms with Crippen LogP contribution in [0, 0.1) is 6.92 Å². The third-order valence-electron chi connectivity index (χ3n) is 3.63. The van der Waals surface area contributed by atoms with Gasteiger partial charge in [0.25, 0.3) is 5.89 Å². The maximum absolute atomic E-state index is 11.9. The highest BCUT2D eigenvalue weighted by Crippen LogP contribution is 2.21. The molecule has 1 amide bonds. The second-order valence-corrected chi connectivity index (χ2v) is 5.45. The van der Waals surface area contributed by atoms with E-state index in [4.69, 9.17) is 8.94 Å². The number of hydrogen-bond donors (Lipinski definition) is 1. The number of pyridine rings is 1. The predicted octanol–water partition coefficient (Wildman–Crippen LogP) is 2.01. The van der Waals surface area contributed by atoms with Crippen LogP contribution >= 0.6 is 0 Å². The van der Waals surface area contributed by atoms with Crippen molar-refractivity contribution in [2.75, 3.05) is 0 Å². The van der Waals surface area contributed by atoms with E-state index < -0.39 is 0 Å². The second-order valence-electron chi connectivity index (χ2n) is 5.45. The van der Waals surface area contributed by atoms with Crippen LogP contribution in [0.15, 0.2) is 51.7 Å². The Balaban J connectivity index is 1.52. The maximum Gasteiger partial charge on any atom is 0.261 e. The van der Waals surface area contributed by atoms with Gasteiger partial charge in [-0.25, -0.2) is 0 Å². The molecule has 130 valence electrons. The molecule has 0 atom stereocenters. The summed E-state index contributed by atoms with van der Waals surface area (Å²) in [6.45, 7) is 1.96. The second kappa shape index (κ2) is 6.63. The van der Waals surface area contributed by atoms with E-state index in [1.807, 2.05) is 18.3 Å². The van der Waals surface area contributed by atoms with Crippen molar-refractivity contribution in [1.29, 1.82) is 0 Å². The summed E-state index contributed by atoms with van der Waals surface area (Å²) in [6.07, 6.45) is 6.34. The lowest BCUT2D eigenvalue weighted by Crippen LogP contribution is -2.21. The van der Waals surface area contributed by atoms with Gasteiger partial charge in [-0.1, -0.05) is 5.16 Å². The molecule has 4 heterocycles. The average Bonchev–Trinajstić information content (AvgIpc) is 3.38. The molecule has 26 heavy (non-hydrogen) atoms. The number of aryl methyl sites for hydroxylation is 1. The van der Waals surface area contributed by atoms with Gasteiger partial charge in [-0.3, -0.25) is 9.20 Å². The molecule has 0 aliphatic heterocycles. The minimum atomic E-state index is -0.262. The Labute approximate surface area is 147 Å².